The average Bonchev–Trinajstić information content (AvgIpc) is 2.83. The molecule has 1 aromatic rings. The van der Waals surface area contributed by atoms with Crippen LogP contribution in [0.5, 0.6) is 0 Å². The highest BCUT2D eigenvalue weighted by molar-refractivity contribution is 7.99. The van der Waals surface area contributed by atoms with Gasteiger partial charge in [-0.25, -0.2) is 0 Å². The summed E-state index contributed by atoms with van der Waals surface area (Å²) in [6, 6.07) is 9.08. The lowest BCUT2D eigenvalue weighted by Gasteiger charge is -2.19. The first-order valence-electron chi connectivity index (χ1n) is 6.29. The summed E-state index contributed by atoms with van der Waals surface area (Å²) < 4.78 is 0. The Labute approximate surface area is 103 Å². The average molecular weight is 235 g/mol. The smallest absolute Gasteiger partial charge is 0.0323 e. The fourth-order valence-electron chi connectivity index (χ4n) is 2.54. The van der Waals surface area contributed by atoms with Crippen molar-refractivity contribution < 1.29 is 0 Å². The van der Waals surface area contributed by atoms with E-state index in [4.69, 9.17) is 5.73 Å². The highest BCUT2D eigenvalue weighted by Gasteiger charge is 2.22. The molecule has 0 heterocycles. The Balaban J connectivity index is 2.02. The Hall–Kier alpha value is -0.470. The van der Waals surface area contributed by atoms with Crippen LogP contribution in [-0.2, 0) is 0 Å². The fraction of sp³-hybridized carbons (Fsp3) is 0.571. The van der Waals surface area contributed by atoms with Gasteiger partial charge in [0.05, 0.1) is 0 Å². The molecule has 1 aliphatic rings. The molecule has 0 saturated heterocycles. The highest BCUT2D eigenvalue weighted by Crippen LogP contribution is 2.34. The first-order valence-corrected chi connectivity index (χ1v) is 7.28. The second kappa shape index (κ2) is 5.74. The molecule has 0 amide bonds. The van der Waals surface area contributed by atoms with Crippen molar-refractivity contribution in [2.24, 2.45) is 11.7 Å². The third-order valence-electron chi connectivity index (χ3n) is 3.48. The molecule has 0 unspecified atom stereocenters. The lowest BCUT2D eigenvalue weighted by Crippen LogP contribution is -2.18. The van der Waals surface area contributed by atoms with E-state index in [1.165, 1.54) is 36.1 Å². The van der Waals surface area contributed by atoms with Gasteiger partial charge >= 0.3 is 0 Å². The normalized spacial score (nSPS) is 18.9. The zero-order valence-electron chi connectivity index (χ0n) is 9.99. The summed E-state index contributed by atoms with van der Waals surface area (Å²) in [5.41, 5.74) is 7.63. The van der Waals surface area contributed by atoms with E-state index in [1.807, 2.05) is 11.8 Å². The molecule has 0 aromatic heterocycles. The second-order valence-corrected chi connectivity index (χ2v) is 5.91. The molecule has 2 N–H and O–H groups in total. The molecule has 1 atom stereocenters. The molecule has 1 nitrogen and oxygen atoms in total. The van der Waals surface area contributed by atoms with Crippen molar-refractivity contribution in [1.82, 2.24) is 0 Å². The van der Waals surface area contributed by atoms with Gasteiger partial charge in [0.2, 0.25) is 0 Å². The van der Waals surface area contributed by atoms with Crippen LogP contribution in [0.3, 0.4) is 0 Å². The van der Waals surface area contributed by atoms with E-state index in [0.717, 1.165) is 5.75 Å². The lowest BCUT2D eigenvalue weighted by molar-refractivity contribution is 0.445. The standard InChI is InChI=1S/C14H21NS/c1-2-16-13-9-7-12(8-10-13)14(15)11-5-3-4-6-11/h7-11,14H,2-6,15H2,1H3/t14-/m0/s1. The number of thioether (sulfide) groups is 1. The van der Waals surface area contributed by atoms with Gasteiger partial charge in [-0.15, -0.1) is 11.8 Å². The molecule has 0 bridgehead atoms. The van der Waals surface area contributed by atoms with Crippen molar-refractivity contribution >= 4 is 11.8 Å². The largest absolute Gasteiger partial charge is 0.324 e. The van der Waals surface area contributed by atoms with Crippen LogP contribution in [-0.4, -0.2) is 5.75 Å². The van der Waals surface area contributed by atoms with Gasteiger partial charge in [0.25, 0.3) is 0 Å². The molecule has 0 aliphatic heterocycles. The van der Waals surface area contributed by atoms with E-state index >= 15 is 0 Å². The van der Waals surface area contributed by atoms with Crippen LogP contribution in [0.4, 0.5) is 0 Å². The highest BCUT2D eigenvalue weighted by atomic mass is 32.2. The van der Waals surface area contributed by atoms with Gasteiger partial charge in [0, 0.05) is 10.9 Å². The van der Waals surface area contributed by atoms with Crippen LogP contribution in [0.1, 0.15) is 44.2 Å². The number of benzene rings is 1. The molecule has 0 radical (unpaired) electrons. The van der Waals surface area contributed by atoms with Crippen molar-refractivity contribution in [2.45, 2.75) is 43.5 Å². The van der Waals surface area contributed by atoms with Gasteiger partial charge in [-0.1, -0.05) is 31.9 Å². The monoisotopic (exact) mass is 235 g/mol. The molecular weight excluding hydrogens is 214 g/mol. The first kappa shape index (κ1) is 12.0. The summed E-state index contributed by atoms with van der Waals surface area (Å²) in [6.45, 7) is 2.18. The van der Waals surface area contributed by atoms with Gasteiger partial charge in [-0.3, -0.25) is 0 Å². The minimum absolute atomic E-state index is 0.253. The van der Waals surface area contributed by atoms with E-state index in [0.29, 0.717) is 5.92 Å². The second-order valence-electron chi connectivity index (χ2n) is 4.57. The zero-order chi connectivity index (χ0) is 11.4. The van der Waals surface area contributed by atoms with Crippen LogP contribution in [0, 0.1) is 5.92 Å². The molecule has 1 aliphatic carbocycles. The summed E-state index contributed by atoms with van der Waals surface area (Å²) in [4.78, 5) is 1.35. The maximum Gasteiger partial charge on any atom is 0.0323 e. The van der Waals surface area contributed by atoms with Crippen LogP contribution >= 0.6 is 11.8 Å². The maximum absolute atomic E-state index is 6.32. The van der Waals surface area contributed by atoms with Crippen molar-refractivity contribution in [3.8, 4) is 0 Å². The van der Waals surface area contributed by atoms with Gasteiger partial charge in [-0.2, -0.15) is 0 Å². The molecule has 1 aromatic carbocycles. The number of hydrogen-bond donors (Lipinski definition) is 1. The van der Waals surface area contributed by atoms with Crippen molar-refractivity contribution in [3.05, 3.63) is 29.8 Å². The minimum Gasteiger partial charge on any atom is -0.324 e. The minimum atomic E-state index is 0.253. The number of nitrogens with two attached hydrogens (primary N) is 1. The molecule has 16 heavy (non-hydrogen) atoms. The lowest BCUT2D eigenvalue weighted by atomic mass is 9.93. The van der Waals surface area contributed by atoms with E-state index in [2.05, 4.69) is 31.2 Å². The van der Waals surface area contributed by atoms with Crippen LogP contribution in [0.15, 0.2) is 29.2 Å². The number of hydrogen-bond acceptors (Lipinski definition) is 2. The molecular formula is C14H21NS. The van der Waals surface area contributed by atoms with Crippen LogP contribution < -0.4 is 5.73 Å². The molecule has 1 saturated carbocycles. The molecule has 1 fully saturated rings. The van der Waals surface area contributed by atoms with Crippen molar-refractivity contribution in [2.75, 3.05) is 5.75 Å². The SMILES string of the molecule is CCSc1ccc([C@@H](N)C2CCCC2)cc1. The van der Waals surface area contributed by atoms with Crippen LogP contribution in [0.2, 0.25) is 0 Å². The Morgan fingerprint density at radius 1 is 1.25 bits per heavy atom. The van der Waals surface area contributed by atoms with E-state index in [1.54, 1.807) is 0 Å². The number of rotatable bonds is 4. The topological polar surface area (TPSA) is 26.0 Å². The third kappa shape index (κ3) is 2.80. The summed E-state index contributed by atoms with van der Waals surface area (Å²) in [5.74, 6) is 1.85. The Bertz CT molecular complexity index is 314. The van der Waals surface area contributed by atoms with E-state index < -0.39 is 0 Å². The summed E-state index contributed by atoms with van der Waals surface area (Å²) in [7, 11) is 0. The zero-order valence-corrected chi connectivity index (χ0v) is 10.8. The Morgan fingerprint density at radius 3 is 2.44 bits per heavy atom. The fourth-order valence-corrected chi connectivity index (χ4v) is 3.20. The van der Waals surface area contributed by atoms with Gasteiger partial charge in [-0.05, 0) is 42.2 Å². The quantitative estimate of drug-likeness (QED) is 0.799. The van der Waals surface area contributed by atoms with Gasteiger partial charge in [0.15, 0.2) is 0 Å². The molecule has 88 valence electrons. The third-order valence-corrected chi connectivity index (χ3v) is 4.38. The summed E-state index contributed by atoms with van der Waals surface area (Å²) in [5, 5.41) is 0. The predicted molar refractivity (Wildman–Crippen MR) is 71.7 cm³/mol. The van der Waals surface area contributed by atoms with E-state index in [-0.39, 0.29) is 6.04 Å². The van der Waals surface area contributed by atoms with Crippen molar-refractivity contribution in [3.63, 3.8) is 0 Å². The molecule has 2 rings (SSSR count). The van der Waals surface area contributed by atoms with Gasteiger partial charge in [0.1, 0.15) is 0 Å². The molecule has 0 spiro atoms. The van der Waals surface area contributed by atoms with Crippen LogP contribution in [0.25, 0.3) is 0 Å². The first-order chi connectivity index (χ1) is 7.81. The molecule has 2 heteroatoms. The summed E-state index contributed by atoms with van der Waals surface area (Å²) >= 11 is 1.89. The maximum atomic E-state index is 6.32. The summed E-state index contributed by atoms with van der Waals surface area (Å²) in [6.07, 6.45) is 5.35. The Morgan fingerprint density at radius 2 is 1.88 bits per heavy atom. The van der Waals surface area contributed by atoms with E-state index in [9.17, 15) is 0 Å². The van der Waals surface area contributed by atoms with Gasteiger partial charge < -0.3 is 5.73 Å². The predicted octanol–water partition coefficient (Wildman–Crippen LogP) is 3.99. The Kier molecular flexibility index (Phi) is 4.30. The van der Waals surface area contributed by atoms with Crippen molar-refractivity contribution in [1.29, 1.82) is 0 Å².